The van der Waals surface area contributed by atoms with Crippen molar-refractivity contribution in [1.82, 2.24) is 0 Å². The lowest BCUT2D eigenvalue weighted by Gasteiger charge is -1.93. The maximum atomic E-state index is 5.52. The predicted molar refractivity (Wildman–Crippen MR) is 62.1 cm³/mol. The summed E-state index contributed by atoms with van der Waals surface area (Å²) < 4.78 is 4.89. The van der Waals surface area contributed by atoms with Crippen molar-refractivity contribution in [3.63, 3.8) is 0 Å². The highest BCUT2D eigenvalue weighted by Crippen LogP contribution is 2.05. The Hall–Kier alpha value is -1.47. The summed E-state index contributed by atoms with van der Waals surface area (Å²) in [6.07, 6.45) is 0. The van der Waals surface area contributed by atoms with Gasteiger partial charge in [0, 0.05) is 5.02 Å². The number of hydrogen-bond donors (Lipinski definition) is 0. The fourth-order valence-corrected chi connectivity index (χ4v) is 1.00. The van der Waals surface area contributed by atoms with Gasteiger partial charge >= 0.3 is 0 Å². The Morgan fingerprint density at radius 3 is 1.67 bits per heavy atom. The first-order chi connectivity index (χ1) is 7.33. The molecule has 0 N–H and O–H groups in total. The van der Waals surface area contributed by atoms with Gasteiger partial charge in [-0.1, -0.05) is 35.9 Å². The number of hydrogen-bond acceptors (Lipinski definition) is 1. The lowest BCUT2D eigenvalue weighted by molar-refractivity contribution is 0.415. The van der Waals surface area contributed by atoms with Gasteiger partial charge in [-0.3, -0.25) is 0 Å². The molecule has 1 nitrogen and oxygen atoms in total. The summed E-state index contributed by atoms with van der Waals surface area (Å²) in [6.45, 7) is 0. The summed E-state index contributed by atoms with van der Waals surface area (Å²) >= 11 is 5.52. The third kappa shape index (κ3) is 5.08. The van der Waals surface area contributed by atoms with Gasteiger partial charge in [-0.05, 0) is 36.4 Å². The molecule has 0 spiro atoms. The van der Waals surface area contributed by atoms with E-state index in [0.717, 1.165) is 10.8 Å². The molecular formula is C13H11ClO. The van der Waals surface area contributed by atoms with Crippen molar-refractivity contribution in [3.05, 3.63) is 65.7 Å². The van der Waals surface area contributed by atoms with Crippen LogP contribution in [0.1, 0.15) is 0 Å². The van der Waals surface area contributed by atoms with Crippen LogP contribution in [0.25, 0.3) is 0 Å². The Morgan fingerprint density at radius 2 is 1.40 bits per heavy atom. The highest BCUT2D eigenvalue weighted by molar-refractivity contribution is 6.30. The van der Waals surface area contributed by atoms with Crippen LogP contribution >= 0.6 is 11.6 Å². The first-order valence-electron chi connectivity index (χ1n) is 4.44. The summed E-state index contributed by atoms with van der Waals surface area (Å²) in [5.74, 6) is 0.878. The molecule has 0 aliphatic carbocycles. The molecule has 0 saturated carbocycles. The standard InChI is InChI=1S/C7H7O.C6H4Cl/c1-8-7-5-3-2-4-6-7;7-6-4-2-1-3-5-6/h3-6H,1H3;2-5H. The van der Waals surface area contributed by atoms with E-state index < -0.39 is 0 Å². The van der Waals surface area contributed by atoms with Crippen LogP contribution in [0, 0.1) is 12.1 Å². The van der Waals surface area contributed by atoms with Crippen LogP contribution < -0.4 is 4.74 Å². The van der Waals surface area contributed by atoms with Crippen LogP contribution in [0.2, 0.25) is 5.02 Å². The van der Waals surface area contributed by atoms with Crippen molar-refractivity contribution in [3.8, 4) is 5.75 Å². The second-order valence-electron chi connectivity index (χ2n) is 2.66. The molecule has 0 atom stereocenters. The SMILES string of the molecule is COc1cc[c]cc1.Clc1cc[c]cc1. The largest absolute Gasteiger partial charge is 0.497 e. The number of methoxy groups -OCH3 is 1. The van der Waals surface area contributed by atoms with Crippen molar-refractivity contribution in [1.29, 1.82) is 0 Å². The molecule has 76 valence electrons. The molecule has 15 heavy (non-hydrogen) atoms. The van der Waals surface area contributed by atoms with Crippen LogP contribution in [-0.4, -0.2) is 7.11 Å². The van der Waals surface area contributed by atoms with E-state index >= 15 is 0 Å². The Bertz CT molecular complexity index is 359. The number of benzene rings is 2. The summed E-state index contributed by atoms with van der Waals surface area (Å²) in [4.78, 5) is 0. The second kappa shape index (κ2) is 6.91. The van der Waals surface area contributed by atoms with E-state index in [9.17, 15) is 0 Å². The maximum Gasteiger partial charge on any atom is 0.118 e. The molecule has 0 saturated heterocycles. The fraction of sp³-hybridized carbons (Fsp3) is 0.0769. The number of halogens is 1. The highest BCUT2D eigenvalue weighted by Gasteiger charge is 1.80. The average Bonchev–Trinajstić information content (AvgIpc) is 2.32. The smallest absolute Gasteiger partial charge is 0.118 e. The molecule has 2 aromatic rings. The van der Waals surface area contributed by atoms with Crippen molar-refractivity contribution in [2.24, 2.45) is 0 Å². The maximum absolute atomic E-state index is 5.52. The van der Waals surface area contributed by atoms with Gasteiger partial charge in [-0.15, -0.1) is 0 Å². The van der Waals surface area contributed by atoms with E-state index in [4.69, 9.17) is 16.3 Å². The molecule has 0 aromatic heterocycles. The van der Waals surface area contributed by atoms with Crippen molar-refractivity contribution >= 4 is 11.6 Å². The lowest BCUT2D eigenvalue weighted by Crippen LogP contribution is -1.78. The van der Waals surface area contributed by atoms with Crippen LogP contribution in [-0.2, 0) is 0 Å². The van der Waals surface area contributed by atoms with Crippen LogP contribution in [0.15, 0.2) is 48.5 Å². The van der Waals surface area contributed by atoms with Crippen LogP contribution in [0.5, 0.6) is 5.75 Å². The fourth-order valence-electron chi connectivity index (χ4n) is 0.874. The van der Waals surface area contributed by atoms with Crippen molar-refractivity contribution < 1.29 is 4.74 Å². The quantitative estimate of drug-likeness (QED) is 0.710. The van der Waals surface area contributed by atoms with Crippen molar-refractivity contribution in [2.45, 2.75) is 0 Å². The molecule has 0 amide bonds. The zero-order valence-corrected chi connectivity index (χ0v) is 9.16. The molecule has 0 unspecified atom stereocenters. The van der Waals surface area contributed by atoms with Gasteiger partial charge in [0.25, 0.3) is 0 Å². The van der Waals surface area contributed by atoms with Gasteiger partial charge in [-0.2, -0.15) is 0 Å². The molecule has 2 rings (SSSR count). The summed E-state index contributed by atoms with van der Waals surface area (Å²) in [5, 5.41) is 0.763. The van der Waals surface area contributed by atoms with E-state index in [1.165, 1.54) is 0 Å². The monoisotopic (exact) mass is 218 g/mol. The molecule has 0 bridgehead atoms. The third-order valence-corrected chi connectivity index (χ3v) is 1.85. The second-order valence-corrected chi connectivity index (χ2v) is 3.09. The summed E-state index contributed by atoms with van der Waals surface area (Å²) in [7, 11) is 1.65. The minimum Gasteiger partial charge on any atom is -0.497 e. The first-order valence-corrected chi connectivity index (χ1v) is 4.82. The van der Waals surface area contributed by atoms with Gasteiger partial charge in [-0.25, -0.2) is 0 Å². The van der Waals surface area contributed by atoms with Crippen LogP contribution in [0.3, 0.4) is 0 Å². The Kier molecular flexibility index (Phi) is 5.34. The molecule has 0 fully saturated rings. The third-order valence-electron chi connectivity index (χ3n) is 1.60. The minimum absolute atomic E-state index is 0.763. The van der Waals surface area contributed by atoms with Gasteiger partial charge in [0.15, 0.2) is 0 Å². The van der Waals surface area contributed by atoms with Gasteiger partial charge in [0.2, 0.25) is 0 Å². The highest BCUT2D eigenvalue weighted by atomic mass is 35.5. The molecule has 0 aliphatic heterocycles. The van der Waals surface area contributed by atoms with E-state index in [-0.39, 0.29) is 0 Å². The Morgan fingerprint density at radius 1 is 0.933 bits per heavy atom. The number of rotatable bonds is 1. The van der Waals surface area contributed by atoms with Crippen LogP contribution in [0.4, 0.5) is 0 Å². The number of ether oxygens (including phenoxy) is 1. The van der Waals surface area contributed by atoms with E-state index in [1.807, 2.05) is 24.3 Å². The van der Waals surface area contributed by atoms with E-state index in [2.05, 4.69) is 12.1 Å². The zero-order chi connectivity index (χ0) is 10.9. The Balaban J connectivity index is 0.000000151. The normalized spacial score (nSPS) is 8.67. The molecule has 2 aromatic carbocycles. The van der Waals surface area contributed by atoms with Gasteiger partial charge in [0.1, 0.15) is 5.75 Å². The average molecular weight is 219 g/mol. The zero-order valence-electron chi connectivity index (χ0n) is 8.41. The molecular weight excluding hydrogens is 208 g/mol. The first kappa shape index (κ1) is 11.6. The van der Waals surface area contributed by atoms with Gasteiger partial charge in [0.05, 0.1) is 7.11 Å². The molecule has 0 aliphatic rings. The lowest BCUT2D eigenvalue weighted by atomic mass is 10.3. The Labute approximate surface area is 95.3 Å². The summed E-state index contributed by atoms with van der Waals surface area (Å²) in [5.41, 5.74) is 0. The molecule has 2 radical (unpaired) electrons. The predicted octanol–water partition coefficient (Wildman–Crippen LogP) is 3.64. The van der Waals surface area contributed by atoms with E-state index in [0.29, 0.717) is 0 Å². The minimum atomic E-state index is 0.763. The summed E-state index contributed by atoms with van der Waals surface area (Å²) in [6, 6.07) is 20.2. The van der Waals surface area contributed by atoms with E-state index in [1.54, 1.807) is 31.4 Å². The topological polar surface area (TPSA) is 9.23 Å². The molecule has 0 heterocycles. The van der Waals surface area contributed by atoms with Crippen molar-refractivity contribution in [2.75, 3.05) is 7.11 Å². The molecule has 2 heteroatoms. The van der Waals surface area contributed by atoms with Gasteiger partial charge < -0.3 is 4.74 Å².